The molecule has 1 saturated carbocycles. The first-order valence-electron chi connectivity index (χ1n) is 5.03. The molecule has 1 aromatic rings. The van der Waals surface area contributed by atoms with Gasteiger partial charge in [0.05, 0.1) is 11.0 Å². The van der Waals surface area contributed by atoms with E-state index in [1.807, 2.05) is 0 Å². The summed E-state index contributed by atoms with van der Waals surface area (Å²) in [5, 5.41) is 10.4. The van der Waals surface area contributed by atoms with Crippen molar-refractivity contribution in [2.45, 2.75) is 25.0 Å². The second kappa shape index (κ2) is 4.25. The number of benzene rings is 1. The van der Waals surface area contributed by atoms with Gasteiger partial charge in [-0.15, -0.1) is 0 Å². The molecular formula is C10H10F2N2O3. The van der Waals surface area contributed by atoms with Gasteiger partial charge in [0.25, 0.3) is 0 Å². The second-order valence-electron chi connectivity index (χ2n) is 3.96. The maximum Gasteiger partial charge on any atom is 0.307 e. The molecule has 1 aromatic carbocycles. The van der Waals surface area contributed by atoms with Gasteiger partial charge in [0.1, 0.15) is 6.10 Å². The third-order valence-electron chi connectivity index (χ3n) is 2.62. The van der Waals surface area contributed by atoms with E-state index < -0.39 is 22.2 Å². The second-order valence-corrected chi connectivity index (χ2v) is 3.96. The molecular weight excluding hydrogens is 234 g/mol. The number of rotatable bonds is 3. The van der Waals surface area contributed by atoms with Crippen molar-refractivity contribution in [3.05, 3.63) is 33.9 Å². The molecule has 0 aromatic heterocycles. The van der Waals surface area contributed by atoms with Crippen LogP contribution in [0, 0.1) is 21.7 Å². The first-order chi connectivity index (χ1) is 7.97. The zero-order valence-electron chi connectivity index (χ0n) is 8.73. The Labute approximate surface area is 95.3 Å². The van der Waals surface area contributed by atoms with E-state index in [4.69, 9.17) is 10.5 Å². The van der Waals surface area contributed by atoms with Crippen molar-refractivity contribution in [1.82, 2.24) is 0 Å². The van der Waals surface area contributed by atoms with Crippen molar-refractivity contribution in [3.8, 4) is 5.75 Å². The van der Waals surface area contributed by atoms with Crippen LogP contribution in [0.25, 0.3) is 0 Å². The highest BCUT2D eigenvalue weighted by Crippen LogP contribution is 2.30. The summed E-state index contributed by atoms with van der Waals surface area (Å²) in [6.45, 7) is 0. The summed E-state index contributed by atoms with van der Waals surface area (Å²) in [7, 11) is 0. The van der Waals surface area contributed by atoms with Crippen molar-refractivity contribution in [1.29, 1.82) is 0 Å². The molecule has 1 fully saturated rings. The highest BCUT2D eigenvalue weighted by molar-refractivity contribution is 5.39. The standard InChI is InChI=1S/C10H10F2N2O3/c11-7-4-10(17-6-1-5(13)2-6)8(12)3-9(7)14(15)16/h3-6H,1-2,13H2. The van der Waals surface area contributed by atoms with E-state index in [-0.39, 0.29) is 17.9 Å². The number of hydrogen-bond donors (Lipinski definition) is 1. The van der Waals surface area contributed by atoms with Crippen LogP contribution in [0.5, 0.6) is 5.75 Å². The Morgan fingerprint density at radius 1 is 1.35 bits per heavy atom. The summed E-state index contributed by atoms with van der Waals surface area (Å²) in [5.41, 5.74) is 4.61. The Bertz CT molecular complexity index is 461. The van der Waals surface area contributed by atoms with Gasteiger partial charge < -0.3 is 10.5 Å². The Balaban J connectivity index is 2.18. The molecule has 17 heavy (non-hydrogen) atoms. The highest BCUT2D eigenvalue weighted by atomic mass is 19.1. The van der Waals surface area contributed by atoms with Crippen LogP contribution in [0.3, 0.4) is 0 Å². The zero-order valence-corrected chi connectivity index (χ0v) is 8.73. The fourth-order valence-corrected chi connectivity index (χ4v) is 1.63. The van der Waals surface area contributed by atoms with E-state index in [2.05, 4.69) is 0 Å². The molecule has 1 aliphatic rings. The van der Waals surface area contributed by atoms with E-state index in [9.17, 15) is 18.9 Å². The summed E-state index contributed by atoms with van der Waals surface area (Å²) < 4.78 is 31.7. The minimum absolute atomic E-state index is 0.0194. The number of nitrogens with two attached hydrogens (primary N) is 1. The Morgan fingerprint density at radius 3 is 2.53 bits per heavy atom. The van der Waals surface area contributed by atoms with Crippen molar-refractivity contribution in [2.24, 2.45) is 5.73 Å². The lowest BCUT2D eigenvalue weighted by atomic mass is 9.90. The van der Waals surface area contributed by atoms with E-state index in [0.29, 0.717) is 25.0 Å². The van der Waals surface area contributed by atoms with Gasteiger partial charge in [-0.3, -0.25) is 10.1 Å². The summed E-state index contributed by atoms with van der Waals surface area (Å²) in [4.78, 5) is 9.37. The van der Waals surface area contributed by atoms with Crippen LogP contribution in [-0.4, -0.2) is 17.1 Å². The highest BCUT2D eigenvalue weighted by Gasteiger charge is 2.29. The van der Waals surface area contributed by atoms with Crippen LogP contribution in [0.1, 0.15) is 12.8 Å². The predicted molar refractivity (Wildman–Crippen MR) is 54.6 cm³/mol. The van der Waals surface area contributed by atoms with E-state index in [1.54, 1.807) is 0 Å². The zero-order chi connectivity index (χ0) is 12.6. The van der Waals surface area contributed by atoms with Crippen molar-refractivity contribution in [2.75, 3.05) is 0 Å². The van der Waals surface area contributed by atoms with E-state index >= 15 is 0 Å². The first kappa shape index (κ1) is 11.7. The molecule has 7 heteroatoms. The first-order valence-corrected chi connectivity index (χ1v) is 5.03. The molecule has 2 rings (SSSR count). The Morgan fingerprint density at radius 2 is 2.00 bits per heavy atom. The summed E-state index contributed by atoms with van der Waals surface area (Å²) in [5.74, 6) is -2.38. The molecule has 5 nitrogen and oxygen atoms in total. The molecule has 0 atom stereocenters. The van der Waals surface area contributed by atoms with Crippen LogP contribution in [-0.2, 0) is 0 Å². The third-order valence-corrected chi connectivity index (χ3v) is 2.62. The van der Waals surface area contributed by atoms with Gasteiger partial charge in [-0.05, 0) is 12.8 Å². The van der Waals surface area contributed by atoms with Gasteiger partial charge in [0.2, 0.25) is 5.82 Å². The maximum atomic E-state index is 13.4. The average Bonchev–Trinajstić information content (AvgIpc) is 2.20. The lowest BCUT2D eigenvalue weighted by Gasteiger charge is -2.32. The molecule has 0 amide bonds. The lowest BCUT2D eigenvalue weighted by molar-refractivity contribution is -0.387. The van der Waals surface area contributed by atoms with Crippen LogP contribution in [0.15, 0.2) is 12.1 Å². The van der Waals surface area contributed by atoms with E-state index in [1.165, 1.54) is 0 Å². The molecule has 0 unspecified atom stereocenters. The average molecular weight is 244 g/mol. The molecule has 1 aliphatic carbocycles. The fourth-order valence-electron chi connectivity index (χ4n) is 1.63. The van der Waals surface area contributed by atoms with Gasteiger partial charge in [-0.1, -0.05) is 0 Å². The Hall–Kier alpha value is -1.76. The Kier molecular flexibility index (Phi) is 2.93. The summed E-state index contributed by atoms with van der Waals surface area (Å²) in [6.07, 6.45) is 0.885. The van der Waals surface area contributed by atoms with Crippen molar-refractivity contribution in [3.63, 3.8) is 0 Å². The molecule has 2 N–H and O–H groups in total. The molecule has 0 radical (unpaired) electrons. The van der Waals surface area contributed by atoms with Gasteiger partial charge in [0, 0.05) is 12.1 Å². The fraction of sp³-hybridized carbons (Fsp3) is 0.400. The number of nitro groups is 1. The largest absolute Gasteiger partial charge is 0.487 e. The van der Waals surface area contributed by atoms with Gasteiger partial charge >= 0.3 is 5.69 Å². The molecule has 0 heterocycles. The van der Waals surface area contributed by atoms with Crippen LogP contribution < -0.4 is 10.5 Å². The minimum atomic E-state index is -1.12. The normalized spacial score (nSPS) is 23.0. The molecule has 0 bridgehead atoms. The molecule has 0 saturated heterocycles. The topological polar surface area (TPSA) is 78.4 Å². The number of halogens is 2. The third kappa shape index (κ3) is 2.33. The van der Waals surface area contributed by atoms with Crippen LogP contribution >= 0.6 is 0 Å². The number of nitro benzene ring substituents is 1. The number of hydrogen-bond acceptors (Lipinski definition) is 4. The quantitative estimate of drug-likeness (QED) is 0.648. The SMILES string of the molecule is NC1CC(Oc2cc(F)c([N+](=O)[O-])cc2F)C1. The minimum Gasteiger partial charge on any atom is -0.487 e. The van der Waals surface area contributed by atoms with Crippen LogP contribution in [0.4, 0.5) is 14.5 Å². The summed E-state index contributed by atoms with van der Waals surface area (Å²) in [6, 6.07) is 1.23. The number of nitrogens with zero attached hydrogens (tertiary/aromatic N) is 1. The van der Waals surface area contributed by atoms with Crippen molar-refractivity contribution >= 4 is 5.69 Å². The molecule has 0 aliphatic heterocycles. The predicted octanol–water partition coefficient (Wildman–Crippen LogP) is 1.74. The van der Waals surface area contributed by atoms with Gasteiger partial charge in [0.15, 0.2) is 11.6 Å². The van der Waals surface area contributed by atoms with E-state index in [0.717, 1.165) is 0 Å². The summed E-state index contributed by atoms with van der Waals surface area (Å²) >= 11 is 0. The van der Waals surface area contributed by atoms with Crippen LogP contribution in [0.2, 0.25) is 0 Å². The van der Waals surface area contributed by atoms with Gasteiger partial charge in [-0.25, -0.2) is 4.39 Å². The monoisotopic (exact) mass is 244 g/mol. The lowest BCUT2D eigenvalue weighted by Crippen LogP contribution is -2.43. The smallest absolute Gasteiger partial charge is 0.307 e. The molecule has 0 spiro atoms. The van der Waals surface area contributed by atoms with Gasteiger partial charge in [-0.2, -0.15) is 4.39 Å². The maximum absolute atomic E-state index is 13.4. The molecule has 92 valence electrons. The van der Waals surface area contributed by atoms with Crippen molar-refractivity contribution < 1.29 is 18.4 Å². The number of ether oxygens (including phenoxy) is 1.